The third-order valence-electron chi connectivity index (χ3n) is 4.33. The second-order valence-electron chi connectivity index (χ2n) is 6.35. The molecule has 0 aliphatic carbocycles. The largest absolute Gasteiger partial charge is 0.467 e. The highest BCUT2D eigenvalue weighted by atomic mass is 35.5. The topological polar surface area (TPSA) is 24.8 Å². The first kappa shape index (κ1) is 14.9. The van der Waals surface area contributed by atoms with Crippen molar-refractivity contribution >= 4 is 28.9 Å². The van der Waals surface area contributed by atoms with E-state index in [1.807, 2.05) is 61.3 Å². The molecular weight excluding hydrogens is 331 g/mol. The average Bonchev–Trinajstić information content (AvgIpc) is 2.95. The molecule has 0 aromatic heterocycles. The van der Waals surface area contributed by atoms with Crippen LogP contribution < -0.4 is 4.74 Å². The van der Waals surface area contributed by atoms with Crippen LogP contribution in [0.4, 0.5) is 0 Å². The van der Waals surface area contributed by atoms with Gasteiger partial charge in [-0.05, 0) is 49.7 Å². The lowest BCUT2D eigenvalue weighted by Crippen LogP contribution is -2.48. The van der Waals surface area contributed by atoms with Crippen LogP contribution in [0.3, 0.4) is 0 Å². The zero-order chi connectivity index (χ0) is 16.2. The lowest BCUT2D eigenvalue weighted by molar-refractivity contribution is -0.0911. The molecule has 4 rings (SSSR count). The Balaban J connectivity index is 1.77. The molecule has 0 amide bonds. The van der Waals surface area contributed by atoms with Gasteiger partial charge in [-0.2, -0.15) is 5.10 Å². The van der Waals surface area contributed by atoms with Crippen molar-refractivity contribution in [3.05, 3.63) is 63.6 Å². The van der Waals surface area contributed by atoms with E-state index in [0.717, 1.165) is 34.0 Å². The van der Waals surface area contributed by atoms with Crippen LogP contribution in [-0.4, -0.2) is 16.4 Å². The summed E-state index contributed by atoms with van der Waals surface area (Å²) in [6.45, 7) is 4.07. The van der Waals surface area contributed by atoms with Gasteiger partial charge in [0.25, 0.3) is 0 Å². The van der Waals surface area contributed by atoms with E-state index in [2.05, 4.69) is 0 Å². The average molecular weight is 347 g/mol. The number of benzene rings is 2. The van der Waals surface area contributed by atoms with Crippen molar-refractivity contribution in [1.29, 1.82) is 0 Å². The van der Waals surface area contributed by atoms with Crippen LogP contribution >= 0.6 is 23.2 Å². The van der Waals surface area contributed by atoms with Gasteiger partial charge in [-0.3, -0.25) is 0 Å². The smallest absolute Gasteiger partial charge is 0.192 e. The van der Waals surface area contributed by atoms with Crippen LogP contribution in [0, 0.1) is 0 Å². The first-order chi connectivity index (χ1) is 10.9. The Morgan fingerprint density at radius 3 is 2.52 bits per heavy atom. The molecule has 3 nitrogen and oxygen atoms in total. The fourth-order valence-corrected chi connectivity index (χ4v) is 3.56. The zero-order valence-electron chi connectivity index (χ0n) is 12.9. The Labute approximate surface area is 145 Å². The lowest BCUT2D eigenvalue weighted by atomic mass is 9.95. The van der Waals surface area contributed by atoms with Gasteiger partial charge in [-0.1, -0.05) is 35.3 Å². The van der Waals surface area contributed by atoms with Crippen molar-refractivity contribution in [3.63, 3.8) is 0 Å². The molecule has 0 unspecified atom stereocenters. The Kier molecular flexibility index (Phi) is 3.33. The minimum absolute atomic E-state index is 0.137. The summed E-state index contributed by atoms with van der Waals surface area (Å²) in [5, 5.41) is 8.31. The van der Waals surface area contributed by atoms with Crippen LogP contribution in [0.5, 0.6) is 5.75 Å². The number of rotatable bonds is 1. The van der Waals surface area contributed by atoms with Gasteiger partial charge in [0.05, 0.1) is 11.8 Å². The van der Waals surface area contributed by atoms with Crippen molar-refractivity contribution in [2.45, 2.75) is 32.0 Å². The van der Waals surface area contributed by atoms with Gasteiger partial charge in [0.1, 0.15) is 5.75 Å². The third-order valence-corrected chi connectivity index (χ3v) is 4.82. The van der Waals surface area contributed by atoms with E-state index >= 15 is 0 Å². The molecule has 0 bridgehead atoms. The summed E-state index contributed by atoms with van der Waals surface area (Å²) in [4.78, 5) is 0. The molecule has 2 heterocycles. The van der Waals surface area contributed by atoms with Gasteiger partial charge in [0.15, 0.2) is 5.72 Å². The Morgan fingerprint density at radius 2 is 1.78 bits per heavy atom. The number of hydrogen-bond donors (Lipinski definition) is 0. The molecule has 2 aromatic carbocycles. The molecule has 0 radical (unpaired) electrons. The lowest BCUT2D eigenvalue weighted by Gasteiger charge is -2.43. The van der Waals surface area contributed by atoms with E-state index in [4.69, 9.17) is 33.0 Å². The molecule has 0 saturated heterocycles. The van der Waals surface area contributed by atoms with Gasteiger partial charge in [-0.15, -0.1) is 0 Å². The van der Waals surface area contributed by atoms with Gasteiger partial charge >= 0.3 is 0 Å². The maximum absolute atomic E-state index is 6.18. The number of hydrogen-bond acceptors (Lipinski definition) is 3. The first-order valence-corrected chi connectivity index (χ1v) is 8.31. The maximum Gasteiger partial charge on any atom is 0.192 e. The predicted octanol–water partition coefficient (Wildman–Crippen LogP) is 5.27. The molecule has 2 aromatic rings. The minimum atomic E-state index is -0.500. The molecule has 118 valence electrons. The van der Waals surface area contributed by atoms with E-state index < -0.39 is 5.72 Å². The summed E-state index contributed by atoms with van der Waals surface area (Å²) in [7, 11) is 0. The molecule has 0 fully saturated rings. The highest BCUT2D eigenvalue weighted by Crippen LogP contribution is 2.47. The van der Waals surface area contributed by atoms with Crippen LogP contribution in [-0.2, 0) is 0 Å². The second kappa shape index (κ2) is 5.15. The molecule has 0 N–H and O–H groups in total. The van der Waals surface area contributed by atoms with E-state index in [-0.39, 0.29) is 6.04 Å². The summed E-state index contributed by atoms with van der Waals surface area (Å²) in [6.07, 6.45) is 0.821. The summed E-state index contributed by atoms with van der Waals surface area (Å²) in [5.74, 6) is 0.883. The van der Waals surface area contributed by atoms with Gasteiger partial charge in [-0.25, -0.2) is 5.01 Å². The fourth-order valence-electron chi connectivity index (χ4n) is 3.25. The zero-order valence-corrected chi connectivity index (χ0v) is 14.4. The molecule has 2 aliphatic rings. The molecule has 0 saturated carbocycles. The van der Waals surface area contributed by atoms with E-state index in [9.17, 15) is 0 Å². The summed E-state index contributed by atoms with van der Waals surface area (Å²) >= 11 is 12.2. The highest BCUT2D eigenvalue weighted by molar-refractivity contribution is 6.31. The van der Waals surface area contributed by atoms with Gasteiger partial charge in [0.2, 0.25) is 0 Å². The highest BCUT2D eigenvalue weighted by Gasteiger charge is 2.44. The standard InChI is InChI=1S/C18H16Cl2N2O/c1-18(2)22-16(14-9-13(20)7-8-17(14)23-18)10-15(21-22)11-3-5-12(19)6-4-11/h3-9,16H,10H2,1-2H3/t16-/m0/s1. The minimum Gasteiger partial charge on any atom is -0.467 e. The first-order valence-electron chi connectivity index (χ1n) is 7.55. The van der Waals surface area contributed by atoms with Crippen LogP contribution in [0.1, 0.15) is 37.4 Å². The van der Waals surface area contributed by atoms with Gasteiger partial charge < -0.3 is 4.74 Å². The van der Waals surface area contributed by atoms with Gasteiger partial charge in [0, 0.05) is 22.0 Å². The summed E-state index contributed by atoms with van der Waals surface area (Å²) in [6, 6.07) is 13.7. The number of ether oxygens (including phenoxy) is 1. The Hall–Kier alpha value is -1.71. The van der Waals surface area contributed by atoms with E-state index in [0.29, 0.717) is 5.02 Å². The third kappa shape index (κ3) is 2.48. The number of hydrazone groups is 1. The fraction of sp³-hybridized carbons (Fsp3) is 0.278. The van der Waals surface area contributed by atoms with Crippen LogP contribution in [0.15, 0.2) is 47.6 Å². The molecule has 0 spiro atoms. The normalized spacial score (nSPS) is 21.3. The van der Waals surface area contributed by atoms with Crippen molar-refractivity contribution in [2.75, 3.05) is 0 Å². The van der Waals surface area contributed by atoms with Crippen LogP contribution in [0.25, 0.3) is 0 Å². The van der Waals surface area contributed by atoms with E-state index in [1.165, 1.54) is 0 Å². The molecular formula is C18H16Cl2N2O. The number of fused-ring (bicyclic) bond motifs is 3. The quantitative estimate of drug-likeness (QED) is 0.702. The predicted molar refractivity (Wildman–Crippen MR) is 93.3 cm³/mol. The Morgan fingerprint density at radius 1 is 1.09 bits per heavy atom. The second-order valence-corrected chi connectivity index (χ2v) is 7.22. The monoisotopic (exact) mass is 346 g/mol. The van der Waals surface area contributed by atoms with E-state index in [1.54, 1.807) is 0 Å². The molecule has 2 aliphatic heterocycles. The molecule has 23 heavy (non-hydrogen) atoms. The molecule has 5 heteroatoms. The SMILES string of the molecule is CC1(C)Oc2ccc(Cl)cc2[C@@H]2CC(c3ccc(Cl)cc3)=NN21. The van der Waals surface area contributed by atoms with Crippen molar-refractivity contribution in [1.82, 2.24) is 5.01 Å². The number of nitrogens with zero attached hydrogens (tertiary/aromatic N) is 2. The van der Waals surface area contributed by atoms with Crippen molar-refractivity contribution in [3.8, 4) is 5.75 Å². The Bertz CT molecular complexity index is 799. The molecule has 1 atom stereocenters. The van der Waals surface area contributed by atoms with Crippen molar-refractivity contribution in [2.24, 2.45) is 5.10 Å². The summed E-state index contributed by atoms with van der Waals surface area (Å²) < 4.78 is 6.13. The van der Waals surface area contributed by atoms with Crippen molar-refractivity contribution < 1.29 is 4.74 Å². The van der Waals surface area contributed by atoms with Crippen LogP contribution in [0.2, 0.25) is 10.0 Å². The number of halogens is 2. The summed E-state index contributed by atoms with van der Waals surface area (Å²) in [5.41, 5.74) is 2.71. The maximum atomic E-state index is 6.18.